The Morgan fingerprint density at radius 1 is 1.25 bits per heavy atom. The largest absolute Gasteiger partial charge is 0.488 e. The van der Waals surface area contributed by atoms with Crippen LogP contribution in [0.5, 0.6) is 5.75 Å². The zero-order valence-corrected chi connectivity index (χ0v) is 17.0. The number of aryl methyl sites for hydroxylation is 4. The lowest BCUT2D eigenvalue weighted by atomic mass is 10.1. The standard InChI is InChI=1S/C21H26N4O3/c1-6-25-15(4)17(11-23-25)10-22-21(26)20-18(16(5)28-24-20)12-27-19-9-13(2)7-8-14(19)3/h7-9,11H,6,10,12H2,1-5H3,(H,22,26). The minimum absolute atomic E-state index is 0.217. The predicted octanol–water partition coefficient (Wildman–Crippen LogP) is 3.63. The summed E-state index contributed by atoms with van der Waals surface area (Å²) in [5.74, 6) is 1.07. The Bertz CT molecular complexity index is 988. The summed E-state index contributed by atoms with van der Waals surface area (Å²) in [6.07, 6.45) is 1.78. The Kier molecular flexibility index (Phi) is 5.82. The molecule has 28 heavy (non-hydrogen) atoms. The number of aromatic nitrogens is 3. The van der Waals surface area contributed by atoms with Crippen LogP contribution in [0.4, 0.5) is 0 Å². The van der Waals surface area contributed by atoms with Crippen molar-refractivity contribution >= 4 is 5.91 Å². The molecule has 0 atom stereocenters. The summed E-state index contributed by atoms with van der Waals surface area (Å²) in [6, 6.07) is 6.03. The number of carbonyl (C=O) groups is 1. The van der Waals surface area contributed by atoms with Crippen LogP contribution < -0.4 is 10.1 Å². The molecule has 0 bridgehead atoms. The zero-order valence-electron chi connectivity index (χ0n) is 17.0. The molecule has 1 aromatic carbocycles. The molecular formula is C21H26N4O3. The molecule has 148 valence electrons. The van der Waals surface area contributed by atoms with E-state index in [-0.39, 0.29) is 18.2 Å². The highest BCUT2D eigenvalue weighted by Crippen LogP contribution is 2.22. The van der Waals surface area contributed by atoms with Crippen LogP contribution in [-0.4, -0.2) is 20.8 Å². The van der Waals surface area contributed by atoms with Gasteiger partial charge in [-0.3, -0.25) is 9.48 Å². The van der Waals surface area contributed by atoms with Crippen molar-refractivity contribution in [2.75, 3.05) is 0 Å². The fourth-order valence-electron chi connectivity index (χ4n) is 2.99. The summed E-state index contributed by atoms with van der Waals surface area (Å²) in [5.41, 5.74) is 5.07. The number of rotatable bonds is 7. The van der Waals surface area contributed by atoms with Gasteiger partial charge in [-0.2, -0.15) is 5.10 Å². The van der Waals surface area contributed by atoms with Gasteiger partial charge in [0.15, 0.2) is 5.69 Å². The molecule has 0 spiro atoms. The minimum Gasteiger partial charge on any atom is -0.488 e. The number of hydrogen-bond acceptors (Lipinski definition) is 5. The second-order valence-electron chi connectivity index (χ2n) is 6.88. The second-order valence-corrected chi connectivity index (χ2v) is 6.88. The van der Waals surface area contributed by atoms with Crippen LogP contribution in [0.15, 0.2) is 28.9 Å². The molecule has 1 N–H and O–H groups in total. The van der Waals surface area contributed by atoms with Gasteiger partial charge in [-0.15, -0.1) is 0 Å². The highest BCUT2D eigenvalue weighted by molar-refractivity contribution is 5.93. The van der Waals surface area contributed by atoms with E-state index < -0.39 is 0 Å². The first-order chi connectivity index (χ1) is 13.4. The van der Waals surface area contributed by atoms with E-state index in [0.717, 1.165) is 34.7 Å². The summed E-state index contributed by atoms with van der Waals surface area (Å²) < 4.78 is 13.1. The molecule has 0 aliphatic heterocycles. The summed E-state index contributed by atoms with van der Waals surface area (Å²) in [7, 11) is 0. The molecule has 0 aliphatic rings. The Morgan fingerprint density at radius 2 is 2.04 bits per heavy atom. The number of nitrogens with one attached hydrogen (secondary N) is 1. The monoisotopic (exact) mass is 382 g/mol. The first-order valence-electron chi connectivity index (χ1n) is 9.35. The lowest BCUT2D eigenvalue weighted by Gasteiger charge is -2.10. The van der Waals surface area contributed by atoms with Gasteiger partial charge in [0.05, 0.1) is 11.8 Å². The number of amides is 1. The highest BCUT2D eigenvalue weighted by Gasteiger charge is 2.21. The third-order valence-corrected chi connectivity index (χ3v) is 4.86. The smallest absolute Gasteiger partial charge is 0.274 e. The van der Waals surface area contributed by atoms with Gasteiger partial charge in [0.1, 0.15) is 18.1 Å². The van der Waals surface area contributed by atoms with Gasteiger partial charge in [-0.25, -0.2) is 0 Å². The fourth-order valence-corrected chi connectivity index (χ4v) is 2.99. The lowest BCUT2D eigenvalue weighted by Crippen LogP contribution is -2.25. The molecule has 7 heteroatoms. The molecule has 7 nitrogen and oxygen atoms in total. The lowest BCUT2D eigenvalue weighted by molar-refractivity contribution is 0.0939. The SMILES string of the molecule is CCn1ncc(CNC(=O)c2noc(C)c2COc2cc(C)ccc2C)c1C. The summed E-state index contributed by atoms with van der Waals surface area (Å²) in [6.45, 7) is 11.2. The van der Waals surface area contributed by atoms with Gasteiger partial charge >= 0.3 is 0 Å². The third kappa shape index (κ3) is 4.08. The third-order valence-electron chi connectivity index (χ3n) is 4.86. The van der Waals surface area contributed by atoms with E-state index in [9.17, 15) is 4.79 Å². The van der Waals surface area contributed by atoms with Crippen molar-refractivity contribution in [2.45, 2.75) is 54.3 Å². The average molecular weight is 382 g/mol. The molecule has 2 aromatic heterocycles. The van der Waals surface area contributed by atoms with Crippen LogP contribution in [0.1, 0.15) is 51.1 Å². The summed E-state index contributed by atoms with van der Waals surface area (Å²) >= 11 is 0. The van der Waals surface area contributed by atoms with Gasteiger partial charge < -0.3 is 14.6 Å². The van der Waals surface area contributed by atoms with Crippen molar-refractivity contribution in [2.24, 2.45) is 0 Å². The molecule has 0 fully saturated rings. The molecule has 2 heterocycles. The Labute approximate surface area is 164 Å². The number of hydrogen-bond donors (Lipinski definition) is 1. The molecule has 0 saturated carbocycles. The number of benzene rings is 1. The van der Waals surface area contributed by atoms with Crippen LogP contribution in [0.25, 0.3) is 0 Å². The molecule has 1 amide bonds. The van der Waals surface area contributed by atoms with Crippen LogP contribution in [0, 0.1) is 27.7 Å². The minimum atomic E-state index is -0.292. The molecule has 0 saturated heterocycles. The van der Waals surface area contributed by atoms with Crippen LogP contribution in [0.3, 0.4) is 0 Å². The molecular weight excluding hydrogens is 356 g/mol. The number of ether oxygens (including phenoxy) is 1. The molecule has 3 rings (SSSR count). The maximum absolute atomic E-state index is 12.7. The molecule has 3 aromatic rings. The molecule has 0 unspecified atom stereocenters. The zero-order chi connectivity index (χ0) is 20.3. The Hall–Kier alpha value is -3.09. The van der Waals surface area contributed by atoms with Crippen molar-refractivity contribution in [1.82, 2.24) is 20.3 Å². The van der Waals surface area contributed by atoms with E-state index in [0.29, 0.717) is 17.9 Å². The first-order valence-corrected chi connectivity index (χ1v) is 9.35. The Morgan fingerprint density at radius 3 is 2.75 bits per heavy atom. The quantitative estimate of drug-likeness (QED) is 0.675. The Balaban J connectivity index is 1.70. The molecule has 0 aliphatic carbocycles. The predicted molar refractivity (Wildman–Crippen MR) is 105 cm³/mol. The van der Waals surface area contributed by atoms with Crippen molar-refractivity contribution < 1.29 is 14.1 Å². The van der Waals surface area contributed by atoms with E-state index in [1.165, 1.54) is 0 Å². The van der Waals surface area contributed by atoms with E-state index in [1.807, 2.05) is 50.6 Å². The number of carbonyl (C=O) groups excluding carboxylic acids is 1. The van der Waals surface area contributed by atoms with Crippen molar-refractivity contribution in [3.8, 4) is 5.75 Å². The average Bonchev–Trinajstić information content (AvgIpc) is 3.22. The normalized spacial score (nSPS) is 10.9. The highest BCUT2D eigenvalue weighted by atomic mass is 16.5. The van der Waals surface area contributed by atoms with Gasteiger partial charge in [0.2, 0.25) is 0 Å². The van der Waals surface area contributed by atoms with Gasteiger partial charge in [0.25, 0.3) is 5.91 Å². The van der Waals surface area contributed by atoms with Gasteiger partial charge in [0, 0.05) is 24.3 Å². The van der Waals surface area contributed by atoms with Crippen LogP contribution >= 0.6 is 0 Å². The van der Waals surface area contributed by atoms with Crippen molar-refractivity contribution in [3.05, 3.63) is 63.8 Å². The maximum Gasteiger partial charge on any atom is 0.274 e. The number of nitrogens with zero attached hydrogens (tertiary/aromatic N) is 3. The first kappa shape index (κ1) is 19.7. The van der Waals surface area contributed by atoms with Gasteiger partial charge in [-0.05, 0) is 51.8 Å². The maximum atomic E-state index is 12.7. The van der Waals surface area contributed by atoms with E-state index >= 15 is 0 Å². The second kappa shape index (κ2) is 8.29. The summed E-state index contributed by atoms with van der Waals surface area (Å²) in [4.78, 5) is 12.7. The van der Waals surface area contributed by atoms with Gasteiger partial charge in [-0.1, -0.05) is 17.3 Å². The van der Waals surface area contributed by atoms with E-state index in [1.54, 1.807) is 13.1 Å². The van der Waals surface area contributed by atoms with Crippen molar-refractivity contribution in [3.63, 3.8) is 0 Å². The van der Waals surface area contributed by atoms with E-state index in [2.05, 4.69) is 15.6 Å². The van der Waals surface area contributed by atoms with Crippen LogP contribution in [0.2, 0.25) is 0 Å². The topological polar surface area (TPSA) is 82.2 Å². The molecule has 0 radical (unpaired) electrons. The van der Waals surface area contributed by atoms with Crippen molar-refractivity contribution in [1.29, 1.82) is 0 Å². The van der Waals surface area contributed by atoms with Crippen LogP contribution in [-0.2, 0) is 19.7 Å². The summed E-state index contributed by atoms with van der Waals surface area (Å²) in [5, 5.41) is 11.1. The van der Waals surface area contributed by atoms with E-state index in [4.69, 9.17) is 9.26 Å². The fraction of sp³-hybridized carbons (Fsp3) is 0.381.